The first kappa shape index (κ1) is 15.8. The summed E-state index contributed by atoms with van der Waals surface area (Å²) in [4.78, 5) is 10.8. The normalized spacial score (nSPS) is 17.7. The van der Waals surface area contributed by atoms with Gasteiger partial charge in [-0.3, -0.25) is 10.1 Å². The van der Waals surface area contributed by atoms with Crippen molar-refractivity contribution >= 4 is 5.69 Å². The maximum atomic E-state index is 11.2. The monoisotopic (exact) mass is 296 g/mol. The van der Waals surface area contributed by atoms with Crippen LogP contribution in [0.5, 0.6) is 5.88 Å². The van der Waals surface area contributed by atoms with Crippen molar-refractivity contribution in [3.63, 3.8) is 0 Å². The van der Waals surface area contributed by atoms with E-state index in [4.69, 9.17) is 10.5 Å². The highest BCUT2D eigenvalue weighted by molar-refractivity contribution is 5.45. The van der Waals surface area contributed by atoms with Gasteiger partial charge < -0.3 is 10.5 Å². The topological polar surface area (TPSA) is 96.2 Å². The Morgan fingerprint density at radius 3 is 2.67 bits per heavy atom. The van der Waals surface area contributed by atoms with Gasteiger partial charge in [-0.05, 0) is 26.2 Å². The molecular weight excluding hydrogens is 272 g/mol. The summed E-state index contributed by atoms with van der Waals surface area (Å²) < 4.78 is 7.36. The van der Waals surface area contributed by atoms with Gasteiger partial charge in [0.15, 0.2) is 0 Å². The van der Waals surface area contributed by atoms with Gasteiger partial charge in [0.05, 0.1) is 10.5 Å². The zero-order valence-electron chi connectivity index (χ0n) is 12.8. The fraction of sp³-hybridized carbons (Fsp3) is 0.786. The van der Waals surface area contributed by atoms with Gasteiger partial charge in [0.2, 0.25) is 0 Å². The zero-order valence-corrected chi connectivity index (χ0v) is 12.8. The number of nitro groups is 1. The molecule has 118 valence electrons. The van der Waals surface area contributed by atoms with Crippen molar-refractivity contribution in [3.8, 4) is 5.88 Å². The van der Waals surface area contributed by atoms with E-state index in [2.05, 4.69) is 5.10 Å². The molecule has 0 amide bonds. The van der Waals surface area contributed by atoms with Crippen molar-refractivity contribution in [1.82, 2.24) is 9.78 Å². The number of nitrogens with two attached hydrogens (primary N) is 1. The summed E-state index contributed by atoms with van der Waals surface area (Å²) in [7, 11) is 0. The minimum atomic E-state index is -0.423. The molecule has 1 aromatic rings. The maximum absolute atomic E-state index is 11.2. The standard InChI is InChI=1S/C14H24N4O3/c1-3-9-17-13(12(18(19)20)11(2)16-17)21-10-14(15)7-5-4-6-8-14/h3-10,15H2,1-2H3. The number of ether oxygens (including phenoxy) is 1. The summed E-state index contributed by atoms with van der Waals surface area (Å²) in [5, 5.41) is 15.4. The molecule has 2 N–H and O–H groups in total. The molecule has 1 aliphatic rings. The summed E-state index contributed by atoms with van der Waals surface area (Å²) in [6, 6.07) is 0. The van der Waals surface area contributed by atoms with Crippen molar-refractivity contribution < 1.29 is 9.66 Å². The molecule has 1 heterocycles. The fourth-order valence-corrected chi connectivity index (χ4v) is 2.88. The lowest BCUT2D eigenvalue weighted by Gasteiger charge is -2.32. The number of rotatable bonds is 6. The molecule has 7 heteroatoms. The minimum absolute atomic E-state index is 0.0390. The lowest BCUT2D eigenvalue weighted by molar-refractivity contribution is -0.386. The number of hydrogen-bond donors (Lipinski definition) is 1. The molecule has 0 aromatic carbocycles. The predicted octanol–water partition coefficient (Wildman–Crippen LogP) is 2.55. The van der Waals surface area contributed by atoms with Gasteiger partial charge in [-0.2, -0.15) is 5.10 Å². The van der Waals surface area contributed by atoms with Gasteiger partial charge in [-0.1, -0.05) is 26.2 Å². The van der Waals surface area contributed by atoms with E-state index >= 15 is 0 Å². The van der Waals surface area contributed by atoms with Gasteiger partial charge >= 0.3 is 5.69 Å². The third-order valence-electron chi connectivity index (χ3n) is 4.01. The van der Waals surface area contributed by atoms with Gasteiger partial charge in [0, 0.05) is 6.54 Å². The van der Waals surface area contributed by atoms with Gasteiger partial charge in [-0.25, -0.2) is 4.68 Å². The largest absolute Gasteiger partial charge is 0.471 e. The van der Waals surface area contributed by atoms with E-state index < -0.39 is 4.92 Å². The van der Waals surface area contributed by atoms with E-state index in [0.29, 0.717) is 18.8 Å². The predicted molar refractivity (Wildman–Crippen MR) is 79.4 cm³/mol. The van der Waals surface area contributed by atoms with Crippen LogP contribution in [0, 0.1) is 17.0 Å². The van der Waals surface area contributed by atoms with Crippen molar-refractivity contribution in [1.29, 1.82) is 0 Å². The molecule has 0 spiro atoms. The summed E-state index contributed by atoms with van der Waals surface area (Å²) in [5.74, 6) is 0.245. The molecular formula is C14H24N4O3. The minimum Gasteiger partial charge on any atom is -0.471 e. The van der Waals surface area contributed by atoms with Crippen molar-refractivity contribution in [2.24, 2.45) is 5.73 Å². The molecule has 1 aliphatic carbocycles. The van der Waals surface area contributed by atoms with Crippen LogP contribution in [-0.2, 0) is 6.54 Å². The van der Waals surface area contributed by atoms with E-state index in [1.54, 1.807) is 11.6 Å². The molecule has 1 aromatic heterocycles. The maximum Gasteiger partial charge on any atom is 0.353 e. The Kier molecular flexibility index (Phi) is 4.82. The van der Waals surface area contributed by atoms with E-state index in [1.807, 2.05) is 6.92 Å². The number of hydrogen-bond acceptors (Lipinski definition) is 5. The Hall–Kier alpha value is -1.63. The highest BCUT2D eigenvalue weighted by Gasteiger charge is 2.32. The van der Waals surface area contributed by atoms with E-state index in [-0.39, 0.29) is 17.1 Å². The third-order valence-corrected chi connectivity index (χ3v) is 4.01. The van der Waals surface area contributed by atoms with Crippen molar-refractivity contribution in [2.75, 3.05) is 6.61 Å². The first-order chi connectivity index (χ1) is 9.97. The Bertz CT molecular complexity index is 507. The van der Waals surface area contributed by atoms with Crippen LogP contribution in [0.3, 0.4) is 0 Å². The zero-order chi connectivity index (χ0) is 15.5. The Balaban J connectivity index is 2.19. The van der Waals surface area contributed by atoms with E-state index in [9.17, 15) is 10.1 Å². The summed E-state index contributed by atoms with van der Waals surface area (Å²) in [6.45, 7) is 4.54. The second-order valence-corrected chi connectivity index (χ2v) is 5.93. The second-order valence-electron chi connectivity index (χ2n) is 5.93. The number of aromatic nitrogens is 2. The second kappa shape index (κ2) is 6.43. The molecule has 7 nitrogen and oxygen atoms in total. The molecule has 0 atom stereocenters. The highest BCUT2D eigenvalue weighted by atomic mass is 16.6. The molecule has 1 saturated carbocycles. The lowest BCUT2D eigenvalue weighted by atomic mass is 9.83. The molecule has 1 fully saturated rings. The third kappa shape index (κ3) is 3.53. The molecule has 0 aliphatic heterocycles. The van der Waals surface area contributed by atoms with Crippen molar-refractivity contribution in [2.45, 2.75) is 64.5 Å². The Morgan fingerprint density at radius 1 is 1.43 bits per heavy atom. The van der Waals surface area contributed by atoms with Crippen LogP contribution in [0.15, 0.2) is 0 Å². The van der Waals surface area contributed by atoms with E-state index in [0.717, 1.165) is 32.1 Å². The molecule has 21 heavy (non-hydrogen) atoms. The average molecular weight is 296 g/mol. The van der Waals surface area contributed by atoms with Gasteiger partial charge in [0.25, 0.3) is 5.88 Å². The molecule has 0 bridgehead atoms. The smallest absolute Gasteiger partial charge is 0.353 e. The average Bonchev–Trinajstić information content (AvgIpc) is 2.74. The number of nitrogens with zero attached hydrogens (tertiary/aromatic N) is 3. The van der Waals surface area contributed by atoms with E-state index in [1.165, 1.54) is 6.42 Å². The fourth-order valence-electron chi connectivity index (χ4n) is 2.88. The van der Waals surface area contributed by atoms with Gasteiger partial charge in [0.1, 0.15) is 12.3 Å². The van der Waals surface area contributed by atoms with Crippen LogP contribution in [0.25, 0.3) is 0 Å². The summed E-state index contributed by atoms with van der Waals surface area (Å²) >= 11 is 0. The van der Waals surface area contributed by atoms with Crippen LogP contribution in [0.2, 0.25) is 0 Å². The quantitative estimate of drug-likeness (QED) is 0.642. The van der Waals surface area contributed by atoms with Crippen molar-refractivity contribution in [3.05, 3.63) is 15.8 Å². The summed E-state index contributed by atoms with van der Waals surface area (Å²) in [5.41, 5.74) is 6.31. The first-order valence-corrected chi connectivity index (χ1v) is 7.60. The first-order valence-electron chi connectivity index (χ1n) is 7.60. The molecule has 0 radical (unpaired) electrons. The Labute approximate surface area is 124 Å². The Morgan fingerprint density at radius 2 is 2.10 bits per heavy atom. The molecule has 0 saturated heterocycles. The lowest BCUT2D eigenvalue weighted by Crippen LogP contribution is -2.47. The van der Waals surface area contributed by atoms with Crippen LogP contribution >= 0.6 is 0 Å². The van der Waals surface area contributed by atoms with Crippen LogP contribution in [-0.4, -0.2) is 26.8 Å². The van der Waals surface area contributed by atoms with Gasteiger partial charge in [-0.15, -0.1) is 0 Å². The van der Waals surface area contributed by atoms with Crippen LogP contribution < -0.4 is 10.5 Å². The number of aryl methyl sites for hydroxylation is 2. The molecule has 2 rings (SSSR count). The van der Waals surface area contributed by atoms with Crippen LogP contribution in [0.1, 0.15) is 51.1 Å². The van der Waals surface area contributed by atoms with Crippen LogP contribution in [0.4, 0.5) is 5.69 Å². The molecule has 0 unspecified atom stereocenters. The SMILES string of the molecule is CCCn1nc(C)c([N+](=O)[O-])c1OCC1(N)CCCCC1. The highest BCUT2D eigenvalue weighted by Crippen LogP contribution is 2.33. The summed E-state index contributed by atoms with van der Waals surface area (Å²) in [6.07, 6.45) is 6.03.